The fourth-order valence-corrected chi connectivity index (χ4v) is 2.54. The first-order chi connectivity index (χ1) is 13.0. The molecule has 2 aromatic rings. The highest BCUT2D eigenvalue weighted by molar-refractivity contribution is 5.95. The fourth-order valence-electron chi connectivity index (χ4n) is 2.54. The number of ether oxygens (including phenoxy) is 1. The molecule has 2 aromatic carbocycles. The normalized spacial score (nSPS) is 16.4. The second kappa shape index (κ2) is 8.52. The van der Waals surface area contributed by atoms with Crippen LogP contribution in [-0.2, 0) is 4.74 Å². The second-order valence-electron chi connectivity index (χ2n) is 6.40. The molecule has 1 fully saturated rings. The molecule has 1 aliphatic heterocycles. The first-order valence-electron chi connectivity index (χ1n) is 8.77. The van der Waals surface area contributed by atoms with E-state index in [9.17, 15) is 0 Å². The molecule has 0 aliphatic carbocycles. The number of hydrogen-bond acceptors (Lipinski definition) is 6. The maximum Gasteiger partial charge on any atom is 0.122 e. The summed E-state index contributed by atoms with van der Waals surface area (Å²) < 4.78 is 5.98. The van der Waals surface area contributed by atoms with Crippen molar-refractivity contribution in [3.05, 3.63) is 59.7 Å². The Bertz CT molecular complexity index is 723. The van der Waals surface area contributed by atoms with Crippen molar-refractivity contribution in [1.29, 1.82) is 10.8 Å². The molecule has 1 aliphatic rings. The highest BCUT2D eigenvalue weighted by Crippen LogP contribution is 2.13. The standard InChI is InChI=1S/C19H25N7O/c20-18(21)12-1-5-14(6-2-12)24-9-16(27-17-11-26-17)10-25-15-7-3-13(4-8-15)19(22)23/h1-8,16-17,24-26H,9-11H2,(H3,20,21)(H3,22,23). The lowest BCUT2D eigenvalue weighted by atomic mass is 10.2. The molecule has 8 nitrogen and oxygen atoms in total. The molecule has 1 heterocycles. The van der Waals surface area contributed by atoms with Crippen molar-refractivity contribution in [3.63, 3.8) is 0 Å². The van der Waals surface area contributed by atoms with Gasteiger partial charge in [0, 0.05) is 42.1 Å². The third-order valence-electron chi connectivity index (χ3n) is 4.19. The zero-order valence-electron chi connectivity index (χ0n) is 15.0. The predicted octanol–water partition coefficient (Wildman–Crippen LogP) is 1.09. The maximum atomic E-state index is 7.44. The summed E-state index contributed by atoms with van der Waals surface area (Å²) >= 11 is 0. The summed E-state index contributed by atoms with van der Waals surface area (Å²) in [7, 11) is 0. The predicted molar refractivity (Wildman–Crippen MR) is 109 cm³/mol. The van der Waals surface area contributed by atoms with E-state index in [0.29, 0.717) is 24.2 Å². The lowest BCUT2D eigenvalue weighted by molar-refractivity contribution is 0.0547. The molecule has 1 unspecified atom stereocenters. The lowest BCUT2D eigenvalue weighted by Gasteiger charge is -2.20. The lowest BCUT2D eigenvalue weighted by Crippen LogP contribution is -2.32. The Labute approximate surface area is 158 Å². The van der Waals surface area contributed by atoms with Gasteiger partial charge in [0.25, 0.3) is 0 Å². The van der Waals surface area contributed by atoms with E-state index in [1.807, 2.05) is 48.5 Å². The Morgan fingerprint density at radius 2 is 1.33 bits per heavy atom. The van der Waals surface area contributed by atoms with E-state index >= 15 is 0 Å². The van der Waals surface area contributed by atoms with Gasteiger partial charge in [-0.05, 0) is 48.5 Å². The molecule has 0 bridgehead atoms. The van der Waals surface area contributed by atoms with Gasteiger partial charge in [-0.1, -0.05) is 0 Å². The third-order valence-corrected chi connectivity index (χ3v) is 4.19. The number of hydrogen-bond donors (Lipinski definition) is 7. The smallest absolute Gasteiger partial charge is 0.122 e. The zero-order chi connectivity index (χ0) is 19.2. The molecule has 1 atom stereocenters. The molecule has 0 amide bonds. The number of anilines is 2. The Morgan fingerprint density at radius 3 is 1.67 bits per heavy atom. The maximum absolute atomic E-state index is 7.44. The monoisotopic (exact) mass is 367 g/mol. The summed E-state index contributed by atoms with van der Waals surface area (Å²) in [5.41, 5.74) is 14.2. The number of benzene rings is 2. The van der Waals surface area contributed by atoms with E-state index in [1.165, 1.54) is 0 Å². The topological polar surface area (TPSA) is 155 Å². The van der Waals surface area contributed by atoms with Crippen LogP contribution in [0.3, 0.4) is 0 Å². The largest absolute Gasteiger partial charge is 0.384 e. The van der Waals surface area contributed by atoms with Crippen LogP contribution in [0.2, 0.25) is 0 Å². The molecule has 1 saturated heterocycles. The second-order valence-corrected chi connectivity index (χ2v) is 6.40. The molecular weight excluding hydrogens is 342 g/mol. The minimum Gasteiger partial charge on any atom is -0.384 e. The van der Waals surface area contributed by atoms with Gasteiger partial charge in [0.2, 0.25) is 0 Å². The van der Waals surface area contributed by atoms with Crippen molar-refractivity contribution in [1.82, 2.24) is 5.32 Å². The Balaban J connectivity index is 1.53. The van der Waals surface area contributed by atoms with E-state index in [-0.39, 0.29) is 24.0 Å². The van der Waals surface area contributed by atoms with E-state index in [4.69, 9.17) is 27.0 Å². The summed E-state index contributed by atoms with van der Waals surface area (Å²) in [5.74, 6) is 0.116. The van der Waals surface area contributed by atoms with Gasteiger partial charge in [-0.15, -0.1) is 0 Å². The molecule has 0 saturated carbocycles. The van der Waals surface area contributed by atoms with Crippen molar-refractivity contribution >= 4 is 23.0 Å². The van der Waals surface area contributed by atoms with Crippen LogP contribution in [0.5, 0.6) is 0 Å². The highest BCUT2D eigenvalue weighted by Gasteiger charge is 2.25. The first kappa shape index (κ1) is 18.7. The molecule has 142 valence electrons. The van der Waals surface area contributed by atoms with Crippen LogP contribution in [0.15, 0.2) is 48.5 Å². The van der Waals surface area contributed by atoms with Gasteiger partial charge in [0.15, 0.2) is 0 Å². The van der Waals surface area contributed by atoms with Gasteiger partial charge >= 0.3 is 0 Å². The van der Waals surface area contributed by atoms with Gasteiger partial charge < -0.3 is 26.8 Å². The van der Waals surface area contributed by atoms with Crippen LogP contribution in [0.1, 0.15) is 11.1 Å². The van der Waals surface area contributed by atoms with Crippen LogP contribution in [0.4, 0.5) is 11.4 Å². The third kappa shape index (κ3) is 5.70. The first-order valence-corrected chi connectivity index (χ1v) is 8.77. The van der Waals surface area contributed by atoms with Crippen molar-refractivity contribution in [2.45, 2.75) is 12.3 Å². The number of nitrogens with two attached hydrogens (primary N) is 2. The van der Waals surface area contributed by atoms with Crippen LogP contribution in [0.25, 0.3) is 0 Å². The van der Waals surface area contributed by atoms with Crippen molar-refractivity contribution in [2.24, 2.45) is 11.5 Å². The molecule has 9 N–H and O–H groups in total. The van der Waals surface area contributed by atoms with E-state index < -0.39 is 0 Å². The van der Waals surface area contributed by atoms with Crippen molar-refractivity contribution < 1.29 is 4.74 Å². The summed E-state index contributed by atoms with van der Waals surface area (Å²) in [6.45, 7) is 2.14. The molecule has 8 heteroatoms. The van der Waals surface area contributed by atoms with E-state index in [1.54, 1.807) is 0 Å². The van der Waals surface area contributed by atoms with Gasteiger partial charge in [-0.25, -0.2) is 0 Å². The summed E-state index contributed by atoms with van der Waals surface area (Å²) in [6, 6.07) is 14.9. The van der Waals surface area contributed by atoms with Crippen LogP contribution >= 0.6 is 0 Å². The van der Waals surface area contributed by atoms with Gasteiger partial charge in [-0.2, -0.15) is 0 Å². The molecule has 3 rings (SSSR count). The van der Waals surface area contributed by atoms with Crippen molar-refractivity contribution in [2.75, 3.05) is 30.3 Å². The summed E-state index contributed by atoms with van der Waals surface area (Å²) in [6.07, 6.45) is 0.0729. The highest BCUT2D eigenvalue weighted by atomic mass is 16.5. The van der Waals surface area contributed by atoms with Crippen LogP contribution < -0.4 is 27.4 Å². The molecule has 0 radical (unpaired) electrons. The minimum absolute atomic E-state index is 0.0371. The summed E-state index contributed by atoms with van der Waals surface area (Å²) in [5, 5.41) is 24.7. The quantitative estimate of drug-likeness (QED) is 0.189. The number of amidine groups is 2. The SMILES string of the molecule is N=C(N)c1ccc(NCC(CNc2ccc(C(=N)N)cc2)OC2CN2)cc1. The average Bonchev–Trinajstić information content (AvgIpc) is 3.48. The van der Waals surface area contributed by atoms with E-state index in [0.717, 1.165) is 17.9 Å². The molecular formula is C19H25N7O. The van der Waals surface area contributed by atoms with Crippen LogP contribution in [-0.4, -0.2) is 43.6 Å². The van der Waals surface area contributed by atoms with Gasteiger partial charge in [0.05, 0.1) is 6.10 Å². The minimum atomic E-state index is -0.0371. The van der Waals surface area contributed by atoms with E-state index in [2.05, 4.69) is 16.0 Å². The Hall–Kier alpha value is -3.10. The zero-order valence-corrected chi connectivity index (χ0v) is 15.0. The molecule has 0 aromatic heterocycles. The number of nitrogen functional groups attached to an aromatic ring is 2. The number of nitrogens with one attached hydrogen (secondary N) is 5. The van der Waals surface area contributed by atoms with Crippen LogP contribution in [0, 0.1) is 10.8 Å². The molecule has 0 spiro atoms. The molecule has 27 heavy (non-hydrogen) atoms. The number of rotatable bonds is 10. The van der Waals surface area contributed by atoms with Crippen molar-refractivity contribution in [3.8, 4) is 0 Å². The average molecular weight is 367 g/mol. The fraction of sp³-hybridized carbons (Fsp3) is 0.263. The Kier molecular flexibility index (Phi) is 5.90. The summed E-state index contributed by atoms with van der Waals surface area (Å²) in [4.78, 5) is 0. The van der Waals surface area contributed by atoms with Gasteiger partial charge in [0.1, 0.15) is 17.9 Å². The Morgan fingerprint density at radius 1 is 0.926 bits per heavy atom. The van der Waals surface area contributed by atoms with Gasteiger partial charge in [-0.3, -0.25) is 16.1 Å².